The number of rotatable bonds is 11. The summed E-state index contributed by atoms with van der Waals surface area (Å²) in [5.74, 6) is 1.75. The molecule has 0 radical (unpaired) electrons. The quantitative estimate of drug-likeness (QED) is 0.485. The van der Waals surface area contributed by atoms with E-state index in [4.69, 9.17) is 14.5 Å². The molecule has 1 aliphatic heterocycles. The summed E-state index contributed by atoms with van der Waals surface area (Å²) in [7, 11) is 0. The first-order valence-electron chi connectivity index (χ1n) is 12.4. The number of hydrazone groups is 1. The molecule has 2 heterocycles. The number of phenols is 1. The Morgan fingerprint density at radius 3 is 2.68 bits per heavy atom. The summed E-state index contributed by atoms with van der Waals surface area (Å²) in [6.45, 7) is 10.9. The number of ether oxygens (including phenoxy) is 2. The maximum Gasteiger partial charge on any atom is 0.320 e. The number of nitrogens with one attached hydrogen (secondary N) is 1. The molecule has 2 N–H and O–H groups in total. The summed E-state index contributed by atoms with van der Waals surface area (Å²) in [4.78, 5) is 13.9. The second-order valence-corrected chi connectivity index (χ2v) is 8.70. The number of anilines is 2. The minimum absolute atomic E-state index is 0.291. The normalized spacial score (nSPS) is 17.1. The Bertz CT molecular complexity index is 971. The van der Waals surface area contributed by atoms with E-state index in [1.54, 1.807) is 6.07 Å². The Morgan fingerprint density at radius 1 is 1.12 bits per heavy atom. The van der Waals surface area contributed by atoms with Crippen molar-refractivity contribution in [1.82, 2.24) is 14.9 Å². The van der Waals surface area contributed by atoms with Crippen molar-refractivity contribution in [3.8, 4) is 11.8 Å². The van der Waals surface area contributed by atoms with E-state index in [-0.39, 0.29) is 0 Å². The highest BCUT2D eigenvalue weighted by Gasteiger charge is 2.19. The van der Waals surface area contributed by atoms with Crippen LogP contribution in [0.5, 0.6) is 11.8 Å². The summed E-state index contributed by atoms with van der Waals surface area (Å²) in [6.07, 6.45) is 3.76. The highest BCUT2D eigenvalue weighted by Crippen LogP contribution is 2.27. The average molecular weight is 469 g/mol. The maximum atomic E-state index is 9.74. The number of aromatic hydroxyl groups is 1. The molecule has 0 unspecified atom stereocenters. The van der Waals surface area contributed by atoms with Gasteiger partial charge in [-0.3, -0.25) is 10.3 Å². The third-order valence-corrected chi connectivity index (χ3v) is 6.08. The van der Waals surface area contributed by atoms with Gasteiger partial charge in [-0.2, -0.15) is 15.1 Å². The smallest absolute Gasteiger partial charge is 0.320 e. The summed E-state index contributed by atoms with van der Waals surface area (Å²) < 4.78 is 11.4. The third-order valence-electron chi connectivity index (χ3n) is 6.08. The molecule has 34 heavy (non-hydrogen) atoms. The number of nitrogens with zero attached hydrogens (tertiary/aromatic N) is 5. The van der Waals surface area contributed by atoms with Crippen molar-refractivity contribution in [2.75, 3.05) is 62.9 Å². The van der Waals surface area contributed by atoms with Crippen LogP contribution in [0, 0.1) is 0 Å². The predicted molar refractivity (Wildman–Crippen MR) is 134 cm³/mol. The lowest BCUT2D eigenvalue weighted by molar-refractivity contribution is 0.0317. The molecule has 184 valence electrons. The molecule has 1 aliphatic carbocycles. The lowest BCUT2D eigenvalue weighted by Crippen LogP contribution is -2.38. The van der Waals surface area contributed by atoms with Crippen LogP contribution in [-0.2, 0) is 11.2 Å². The Kier molecular flexibility index (Phi) is 8.54. The molecule has 0 saturated carbocycles. The number of hydrogen-bond donors (Lipinski definition) is 2. The number of phenolic OH excluding ortho intramolecular Hbond substituents is 1. The number of hydrogen-bond acceptors (Lipinski definition) is 9. The van der Waals surface area contributed by atoms with Crippen molar-refractivity contribution in [2.45, 2.75) is 39.5 Å². The second kappa shape index (κ2) is 12.0. The molecule has 9 heteroatoms. The third kappa shape index (κ3) is 6.36. The summed E-state index contributed by atoms with van der Waals surface area (Å²) >= 11 is 0. The highest BCUT2D eigenvalue weighted by atomic mass is 16.5. The van der Waals surface area contributed by atoms with E-state index in [1.807, 2.05) is 18.2 Å². The molecule has 2 aromatic rings. The van der Waals surface area contributed by atoms with Crippen LogP contribution in [-0.4, -0.2) is 78.2 Å². The Labute approximate surface area is 201 Å². The second-order valence-electron chi connectivity index (χ2n) is 8.70. The number of benzene rings is 1. The van der Waals surface area contributed by atoms with Crippen LogP contribution in [0.2, 0.25) is 0 Å². The molecule has 1 aromatic heterocycles. The van der Waals surface area contributed by atoms with E-state index in [0.717, 1.165) is 94.3 Å². The fourth-order valence-corrected chi connectivity index (χ4v) is 4.37. The number of morpholine rings is 1. The van der Waals surface area contributed by atoms with Gasteiger partial charge in [0.25, 0.3) is 0 Å². The topological polar surface area (TPSA) is 95.3 Å². The van der Waals surface area contributed by atoms with E-state index in [9.17, 15) is 5.11 Å². The van der Waals surface area contributed by atoms with E-state index in [1.165, 1.54) is 0 Å². The molecule has 1 aromatic carbocycles. The van der Waals surface area contributed by atoms with Crippen LogP contribution in [0.15, 0.2) is 29.4 Å². The van der Waals surface area contributed by atoms with E-state index in [0.29, 0.717) is 24.2 Å². The molecule has 1 saturated heterocycles. The zero-order chi connectivity index (χ0) is 23.8. The lowest BCUT2D eigenvalue weighted by Gasteiger charge is -2.26. The highest BCUT2D eigenvalue weighted by molar-refractivity contribution is 6.04. The Hall–Kier alpha value is -2.91. The van der Waals surface area contributed by atoms with Gasteiger partial charge in [-0.15, -0.1) is 0 Å². The monoisotopic (exact) mass is 468 g/mol. The largest absolute Gasteiger partial charge is 0.508 e. The van der Waals surface area contributed by atoms with E-state index < -0.39 is 0 Å². The predicted octanol–water partition coefficient (Wildman–Crippen LogP) is 3.28. The molecule has 2 aliphatic rings. The van der Waals surface area contributed by atoms with Gasteiger partial charge < -0.3 is 19.5 Å². The molecule has 4 rings (SSSR count). The number of fused-ring (bicyclic) bond motifs is 1. The lowest BCUT2D eigenvalue weighted by atomic mass is 10.1. The minimum atomic E-state index is 0.291. The summed E-state index contributed by atoms with van der Waals surface area (Å²) in [5, 5.41) is 14.4. The molecule has 0 spiro atoms. The van der Waals surface area contributed by atoms with Crippen LogP contribution < -0.4 is 15.1 Å². The van der Waals surface area contributed by atoms with Crippen LogP contribution >= 0.6 is 0 Å². The molecule has 1 fully saturated rings. The molecule has 0 bridgehead atoms. The van der Waals surface area contributed by atoms with Crippen molar-refractivity contribution in [3.05, 3.63) is 35.4 Å². The zero-order valence-corrected chi connectivity index (χ0v) is 20.3. The Morgan fingerprint density at radius 2 is 1.91 bits per heavy atom. The van der Waals surface area contributed by atoms with Crippen molar-refractivity contribution in [2.24, 2.45) is 5.10 Å². The van der Waals surface area contributed by atoms with Crippen LogP contribution in [0.4, 0.5) is 11.6 Å². The van der Waals surface area contributed by atoms with E-state index >= 15 is 0 Å². The van der Waals surface area contributed by atoms with Gasteiger partial charge in [0.2, 0.25) is 0 Å². The van der Waals surface area contributed by atoms with Gasteiger partial charge >= 0.3 is 6.01 Å². The van der Waals surface area contributed by atoms with Crippen LogP contribution in [0.3, 0.4) is 0 Å². The fraction of sp³-hybridized carbons (Fsp3) is 0.560. The standard InChI is InChI=1S/C25H36N6O3/c1-3-9-31(10-4-2)24-18-23(26-25(27-24)34-16-13-30-11-14-33-15-12-30)29-28-22-8-5-19-17-20(32)6-7-21(19)22/h6-7,17-18,32H,3-5,8-16H2,1-2H3,(H,26,27,29)/b28-22+. The number of aryl methyl sites for hydroxylation is 1. The van der Waals surface area contributed by atoms with Crippen molar-refractivity contribution >= 4 is 17.3 Å². The fourth-order valence-electron chi connectivity index (χ4n) is 4.37. The SMILES string of the molecule is CCCN(CCC)c1cc(N/N=C2\CCc3cc(O)ccc32)nc(OCCN2CCOCC2)n1. The maximum absolute atomic E-state index is 9.74. The van der Waals surface area contributed by atoms with Gasteiger partial charge in [0.05, 0.1) is 18.9 Å². The van der Waals surface area contributed by atoms with Gasteiger partial charge in [0.15, 0.2) is 5.82 Å². The van der Waals surface area contributed by atoms with Crippen molar-refractivity contribution in [1.29, 1.82) is 0 Å². The van der Waals surface area contributed by atoms with E-state index in [2.05, 4.69) is 39.2 Å². The molecule has 0 atom stereocenters. The summed E-state index contributed by atoms with van der Waals surface area (Å²) in [6, 6.07) is 7.75. The average Bonchev–Trinajstić information content (AvgIpc) is 3.25. The molecule has 9 nitrogen and oxygen atoms in total. The van der Waals surface area contributed by atoms with Gasteiger partial charge in [-0.1, -0.05) is 13.8 Å². The molecular weight excluding hydrogens is 432 g/mol. The number of aromatic nitrogens is 2. The summed E-state index contributed by atoms with van der Waals surface area (Å²) in [5.41, 5.74) is 6.29. The zero-order valence-electron chi connectivity index (χ0n) is 20.3. The van der Waals surface area contributed by atoms with Crippen molar-refractivity contribution < 1.29 is 14.6 Å². The van der Waals surface area contributed by atoms with Crippen molar-refractivity contribution in [3.63, 3.8) is 0 Å². The Balaban J connectivity index is 1.50. The van der Waals surface area contributed by atoms with Gasteiger partial charge in [-0.05, 0) is 49.4 Å². The first kappa shape index (κ1) is 24.2. The first-order chi connectivity index (χ1) is 16.7. The molecule has 0 amide bonds. The first-order valence-corrected chi connectivity index (χ1v) is 12.4. The minimum Gasteiger partial charge on any atom is -0.508 e. The van der Waals surface area contributed by atoms with Gasteiger partial charge in [0, 0.05) is 44.4 Å². The van der Waals surface area contributed by atoms with Crippen LogP contribution in [0.1, 0.15) is 44.2 Å². The van der Waals surface area contributed by atoms with Gasteiger partial charge in [-0.25, -0.2) is 0 Å². The molecular formula is C25H36N6O3. The van der Waals surface area contributed by atoms with Crippen LogP contribution in [0.25, 0.3) is 0 Å². The van der Waals surface area contributed by atoms with Gasteiger partial charge in [0.1, 0.15) is 18.2 Å².